The van der Waals surface area contributed by atoms with E-state index >= 15 is 0 Å². The predicted molar refractivity (Wildman–Crippen MR) is 68.8 cm³/mol. The van der Waals surface area contributed by atoms with Crippen LogP contribution in [0.25, 0.3) is 0 Å². The number of hydrogen-bond acceptors (Lipinski definition) is 2. The molecule has 4 unspecified atom stereocenters. The molecule has 1 aromatic rings. The fourth-order valence-electron chi connectivity index (χ4n) is 3.49. The topological polar surface area (TPSA) is 21.3 Å². The molecule has 104 valence electrons. The minimum Gasteiger partial charge on any atom is -0.375 e. The van der Waals surface area contributed by atoms with Crippen LogP contribution in [0.2, 0.25) is 0 Å². The molecule has 2 nitrogen and oxygen atoms in total. The van der Waals surface area contributed by atoms with E-state index < -0.39 is 0 Å². The van der Waals surface area contributed by atoms with Gasteiger partial charge >= 0.3 is 0 Å². The maximum absolute atomic E-state index is 14.0. The summed E-state index contributed by atoms with van der Waals surface area (Å²) in [7, 11) is 0. The summed E-state index contributed by atoms with van der Waals surface area (Å²) in [6.07, 6.45) is 3.59. The zero-order chi connectivity index (χ0) is 13.4. The molecule has 0 spiro atoms. The van der Waals surface area contributed by atoms with Gasteiger partial charge in [0.05, 0.1) is 12.2 Å². The highest BCUT2D eigenvalue weighted by Gasteiger charge is 2.45. The van der Waals surface area contributed by atoms with Crippen LogP contribution in [0, 0.1) is 17.6 Å². The van der Waals surface area contributed by atoms with Gasteiger partial charge in [-0.25, -0.2) is 8.78 Å². The van der Waals surface area contributed by atoms with Crippen molar-refractivity contribution in [2.75, 3.05) is 6.54 Å². The van der Waals surface area contributed by atoms with E-state index in [1.54, 1.807) is 0 Å². The molecule has 2 fully saturated rings. The van der Waals surface area contributed by atoms with Gasteiger partial charge in [-0.3, -0.25) is 0 Å². The molecule has 0 radical (unpaired) electrons. The number of hydrogen-bond donors (Lipinski definition) is 1. The molecule has 2 heterocycles. The van der Waals surface area contributed by atoms with Crippen LogP contribution in [0.15, 0.2) is 18.2 Å². The van der Waals surface area contributed by atoms with E-state index in [1.807, 2.05) is 6.92 Å². The lowest BCUT2D eigenvalue weighted by Gasteiger charge is -2.29. The van der Waals surface area contributed by atoms with E-state index in [0.717, 1.165) is 25.8 Å². The van der Waals surface area contributed by atoms with Gasteiger partial charge in [0.1, 0.15) is 11.6 Å². The third-order valence-corrected chi connectivity index (χ3v) is 4.30. The zero-order valence-electron chi connectivity index (χ0n) is 11.0. The Morgan fingerprint density at radius 1 is 1.37 bits per heavy atom. The summed E-state index contributed by atoms with van der Waals surface area (Å²) in [5.41, 5.74) is 0.433. The Morgan fingerprint density at radius 2 is 2.21 bits per heavy atom. The first-order valence-electron chi connectivity index (χ1n) is 7.03. The predicted octanol–water partition coefficient (Wildman–Crippen LogP) is 3.18. The highest BCUT2D eigenvalue weighted by molar-refractivity contribution is 5.24. The number of nitrogens with one attached hydrogen (secondary N) is 1. The van der Waals surface area contributed by atoms with Crippen LogP contribution in [0.3, 0.4) is 0 Å². The quantitative estimate of drug-likeness (QED) is 0.904. The summed E-state index contributed by atoms with van der Waals surface area (Å²) >= 11 is 0. The summed E-state index contributed by atoms with van der Waals surface area (Å²) in [6, 6.07) is 3.53. The number of benzene rings is 1. The summed E-state index contributed by atoms with van der Waals surface area (Å²) in [5, 5.41) is 3.31. The van der Waals surface area contributed by atoms with E-state index in [-0.39, 0.29) is 29.7 Å². The van der Waals surface area contributed by atoms with E-state index in [9.17, 15) is 8.78 Å². The van der Waals surface area contributed by atoms with Gasteiger partial charge in [-0.05, 0) is 44.0 Å². The van der Waals surface area contributed by atoms with Crippen molar-refractivity contribution in [3.05, 3.63) is 35.4 Å². The lowest BCUT2D eigenvalue weighted by molar-refractivity contribution is 0.0855. The molecule has 3 rings (SSSR count). The normalized spacial score (nSPS) is 30.8. The van der Waals surface area contributed by atoms with E-state index in [0.29, 0.717) is 11.7 Å². The Bertz CT molecular complexity index is 465. The van der Waals surface area contributed by atoms with Gasteiger partial charge in [-0.1, -0.05) is 6.92 Å². The average Bonchev–Trinajstić information content (AvgIpc) is 3.01. The fraction of sp³-hybridized carbons (Fsp3) is 0.600. The first-order valence-corrected chi connectivity index (χ1v) is 7.03. The van der Waals surface area contributed by atoms with Crippen molar-refractivity contribution in [1.82, 2.24) is 5.32 Å². The van der Waals surface area contributed by atoms with Crippen molar-refractivity contribution in [2.24, 2.45) is 5.92 Å². The van der Waals surface area contributed by atoms with Gasteiger partial charge in [0.2, 0.25) is 0 Å². The van der Waals surface area contributed by atoms with Crippen LogP contribution in [-0.2, 0) is 4.74 Å². The van der Waals surface area contributed by atoms with Crippen molar-refractivity contribution in [2.45, 2.75) is 44.4 Å². The van der Waals surface area contributed by atoms with Crippen molar-refractivity contribution < 1.29 is 13.5 Å². The van der Waals surface area contributed by atoms with Crippen molar-refractivity contribution >= 4 is 0 Å². The second-order valence-electron chi connectivity index (χ2n) is 5.47. The Kier molecular flexibility index (Phi) is 3.54. The highest BCUT2D eigenvalue weighted by Crippen LogP contribution is 2.45. The van der Waals surface area contributed by atoms with E-state index in [4.69, 9.17) is 4.74 Å². The maximum atomic E-state index is 14.0. The van der Waals surface area contributed by atoms with Crippen LogP contribution in [0.4, 0.5) is 8.78 Å². The Balaban J connectivity index is 1.90. The van der Waals surface area contributed by atoms with Crippen molar-refractivity contribution in [3.8, 4) is 0 Å². The minimum absolute atomic E-state index is 0.156. The summed E-state index contributed by atoms with van der Waals surface area (Å²) in [6.45, 7) is 2.72. The Hall–Kier alpha value is -1.00. The summed E-state index contributed by atoms with van der Waals surface area (Å²) < 4.78 is 33.2. The molecule has 2 aliphatic heterocycles. The van der Waals surface area contributed by atoms with Gasteiger partial charge in [0.15, 0.2) is 0 Å². The number of fused-ring (bicyclic) bond motifs is 2. The number of ether oxygens (including phenoxy) is 1. The number of rotatable bonds is 4. The van der Waals surface area contributed by atoms with Gasteiger partial charge in [0.25, 0.3) is 0 Å². The second kappa shape index (κ2) is 5.17. The molecular weight excluding hydrogens is 248 g/mol. The number of halogens is 2. The van der Waals surface area contributed by atoms with Crippen molar-refractivity contribution in [1.29, 1.82) is 0 Å². The first-order chi connectivity index (χ1) is 9.19. The highest BCUT2D eigenvalue weighted by atomic mass is 19.1. The molecule has 2 bridgehead atoms. The third kappa shape index (κ3) is 2.39. The largest absolute Gasteiger partial charge is 0.375 e. The molecule has 2 saturated heterocycles. The molecule has 4 atom stereocenters. The molecule has 1 N–H and O–H groups in total. The van der Waals surface area contributed by atoms with Crippen molar-refractivity contribution in [3.63, 3.8) is 0 Å². The first kappa shape index (κ1) is 13.0. The molecule has 19 heavy (non-hydrogen) atoms. The van der Waals surface area contributed by atoms with Gasteiger partial charge < -0.3 is 10.1 Å². The Labute approximate surface area is 112 Å². The van der Waals surface area contributed by atoms with Gasteiger partial charge in [0, 0.05) is 17.5 Å². The van der Waals surface area contributed by atoms with Crippen LogP contribution in [0.5, 0.6) is 0 Å². The summed E-state index contributed by atoms with van der Waals surface area (Å²) in [5.74, 6) is -0.478. The molecule has 0 aliphatic carbocycles. The third-order valence-electron chi connectivity index (χ3n) is 4.30. The smallest absolute Gasteiger partial charge is 0.128 e. The Morgan fingerprint density at radius 3 is 2.84 bits per heavy atom. The van der Waals surface area contributed by atoms with Gasteiger partial charge in [-0.15, -0.1) is 0 Å². The molecule has 4 heteroatoms. The molecule has 1 aromatic carbocycles. The molecule has 2 aliphatic rings. The van der Waals surface area contributed by atoms with Crippen LogP contribution in [-0.4, -0.2) is 18.8 Å². The average molecular weight is 267 g/mol. The van der Waals surface area contributed by atoms with Crippen LogP contribution in [0.1, 0.15) is 37.8 Å². The maximum Gasteiger partial charge on any atom is 0.128 e. The van der Waals surface area contributed by atoms with Gasteiger partial charge in [-0.2, -0.15) is 0 Å². The van der Waals surface area contributed by atoms with E-state index in [1.165, 1.54) is 18.2 Å². The standard InChI is InChI=1S/C15H19F2NO/c1-2-18-15(11-7-9(16)3-5-13(11)17)12-8-10-4-6-14(12)19-10/h3,5,7,10,12,14-15,18H,2,4,6,8H2,1H3. The van der Waals surface area contributed by atoms with Crippen LogP contribution >= 0.6 is 0 Å². The SMILES string of the molecule is CCNC(c1cc(F)ccc1F)C1CC2CCC1O2. The minimum atomic E-state index is -0.386. The lowest BCUT2D eigenvalue weighted by atomic mass is 9.81. The molecule has 0 aromatic heterocycles. The zero-order valence-corrected chi connectivity index (χ0v) is 11.0. The van der Waals surface area contributed by atoms with Crippen LogP contribution < -0.4 is 5.32 Å². The molecule has 0 saturated carbocycles. The monoisotopic (exact) mass is 267 g/mol. The summed E-state index contributed by atoms with van der Waals surface area (Å²) in [4.78, 5) is 0. The molecule has 0 amide bonds. The fourth-order valence-corrected chi connectivity index (χ4v) is 3.49. The second-order valence-corrected chi connectivity index (χ2v) is 5.47. The lowest BCUT2D eigenvalue weighted by Crippen LogP contribution is -2.34. The molecular formula is C15H19F2NO. The van der Waals surface area contributed by atoms with E-state index in [2.05, 4.69) is 5.32 Å².